The smallest absolute Gasteiger partial charge is 0.243 e. The molecule has 1 aliphatic heterocycles. The number of likely N-dealkylation sites (tertiary alicyclic amines) is 1. The summed E-state index contributed by atoms with van der Waals surface area (Å²) in [6.07, 6.45) is 3.39. The normalized spacial score (nSPS) is 17.7. The Morgan fingerprint density at radius 2 is 2.07 bits per heavy atom. The van der Waals surface area contributed by atoms with Crippen molar-refractivity contribution in [3.8, 4) is 0 Å². The first kappa shape index (κ1) is 26.4. The Bertz CT molecular complexity index is 432. The molecular formula is C19H40IN5O2. The topological polar surface area (TPSA) is 69.2 Å². The molecule has 1 fully saturated rings. The van der Waals surface area contributed by atoms with Gasteiger partial charge in [-0.25, -0.2) is 4.99 Å². The number of hydrogen-bond donors (Lipinski definition) is 2. The van der Waals surface area contributed by atoms with Crippen molar-refractivity contribution in [2.75, 3.05) is 60.0 Å². The van der Waals surface area contributed by atoms with Gasteiger partial charge in [0.05, 0.1) is 0 Å². The minimum absolute atomic E-state index is 0. The van der Waals surface area contributed by atoms with Gasteiger partial charge in [0.2, 0.25) is 5.91 Å². The molecule has 0 unspecified atom stereocenters. The quantitative estimate of drug-likeness (QED) is 0.197. The molecule has 27 heavy (non-hydrogen) atoms. The van der Waals surface area contributed by atoms with E-state index in [1.165, 1.54) is 19.4 Å². The van der Waals surface area contributed by atoms with Gasteiger partial charge in [-0.15, -0.1) is 24.0 Å². The first-order valence-electron chi connectivity index (χ1n) is 9.98. The SMILES string of the molecule is CCOCCCNC(=NCC(=O)N(C)C)NC[C@H]1CCCN1CC(C)C.I. The summed E-state index contributed by atoms with van der Waals surface area (Å²) in [4.78, 5) is 20.4. The van der Waals surface area contributed by atoms with Gasteiger partial charge in [0.25, 0.3) is 0 Å². The highest BCUT2D eigenvalue weighted by molar-refractivity contribution is 14.0. The lowest BCUT2D eigenvalue weighted by molar-refractivity contribution is -0.127. The van der Waals surface area contributed by atoms with Gasteiger partial charge in [-0.3, -0.25) is 9.69 Å². The minimum atomic E-state index is 0. The van der Waals surface area contributed by atoms with E-state index < -0.39 is 0 Å². The molecule has 0 radical (unpaired) electrons. The van der Waals surface area contributed by atoms with E-state index in [1.54, 1.807) is 19.0 Å². The van der Waals surface area contributed by atoms with Gasteiger partial charge in [-0.1, -0.05) is 13.8 Å². The van der Waals surface area contributed by atoms with Gasteiger partial charge in [0.15, 0.2) is 5.96 Å². The zero-order chi connectivity index (χ0) is 19.4. The van der Waals surface area contributed by atoms with Gasteiger partial charge >= 0.3 is 0 Å². The second-order valence-corrected chi connectivity index (χ2v) is 7.50. The van der Waals surface area contributed by atoms with Gasteiger partial charge in [0.1, 0.15) is 6.54 Å². The van der Waals surface area contributed by atoms with E-state index in [0.717, 1.165) is 39.3 Å². The predicted molar refractivity (Wildman–Crippen MR) is 123 cm³/mol. The summed E-state index contributed by atoms with van der Waals surface area (Å²) in [6, 6.07) is 0.539. The maximum absolute atomic E-state index is 11.8. The summed E-state index contributed by atoms with van der Waals surface area (Å²) < 4.78 is 5.37. The predicted octanol–water partition coefficient (Wildman–Crippen LogP) is 1.77. The number of guanidine groups is 1. The van der Waals surface area contributed by atoms with Crippen LogP contribution in [0.5, 0.6) is 0 Å². The fraction of sp³-hybridized carbons (Fsp3) is 0.895. The Hall–Kier alpha value is -0.610. The van der Waals surface area contributed by atoms with Gasteiger partial charge in [0, 0.05) is 53.0 Å². The van der Waals surface area contributed by atoms with Crippen molar-refractivity contribution in [2.45, 2.75) is 46.1 Å². The first-order valence-corrected chi connectivity index (χ1v) is 9.98. The van der Waals surface area contributed by atoms with Crippen LogP contribution in [0.3, 0.4) is 0 Å². The Balaban J connectivity index is 0.00000676. The number of carbonyl (C=O) groups is 1. The summed E-state index contributed by atoms with van der Waals surface area (Å²) in [5, 5.41) is 6.76. The number of nitrogens with one attached hydrogen (secondary N) is 2. The molecular weight excluding hydrogens is 457 g/mol. The van der Waals surface area contributed by atoms with Crippen LogP contribution in [-0.4, -0.2) is 87.7 Å². The van der Waals surface area contributed by atoms with Crippen LogP contribution in [0, 0.1) is 5.92 Å². The van der Waals surface area contributed by atoms with Gasteiger partial charge in [-0.05, 0) is 38.6 Å². The first-order chi connectivity index (χ1) is 12.4. The molecule has 0 spiro atoms. The van der Waals surface area contributed by atoms with Crippen LogP contribution in [0.15, 0.2) is 4.99 Å². The number of nitrogens with zero attached hydrogens (tertiary/aromatic N) is 3. The van der Waals surface area contributed by atoms with Crippen LogP contribution < -0.4 is 10.6 Å². The van der Waals surface area contributed by atoms with Crippen LogP contribution in [0.4, 0.5) is 0 Å². The highest BCUT2D eigenvalue weighted by Gasteiger charge is 2.24. The van der Waals surface area contributed by atoms with Crippen LogP contribution in [-0.2, 0) is 9.53 Å². The van der Waals surface area contributed by atoms with Gasteiger partial charge < -0.3 is 20.3 Å². The summed E-state index contributed by atoms with van der Waals surface area (Å²) in [5.41, 5.74) is 0. The van der Waals surface area contributed by atoms with E-state index in [1.807, 2.05) is 6.92 Å². The molecule has 0 aromatic heterocycles. The molecule has 0 aliphatic carbocycles. The molecule has 0 saturated carbocycles. The molecule has 2 N–H and O–H groups in total. The zero-order valence-corrected chi connectivity index (χ0v) is 20.1. The van der Waals surface area contributed by atoms with E-state index in [-0.39, 0.29) is 36.4 Å². The maximum Gasteiger partial charge on any atom is 0.243 e. The average molecular weight is 497 g/mol. The molecule has 0 aromatic rings. The van der Waals surface area contributed by atoms with Crippen LogP contribution in [0.2, 0.25) is 0 Å². The summed E-state index contributed by atoms with van der Waals surface area (Å²) in [7, 11) is 3.51. The van der Waals surface area contributed by atoms with Crippen LogP contribution in [0.1, 0.15) is 40.0 Å². The van der Waals surface area contributed by atoms with Crippen molar-refractivity contribution in [1.29, 1.82) is 0 Å². The third-order valence-corrected chi connectivity index (χ3v) is 4.44. The molecule has 160 valence electrons. The van der Waals surface area contributed by atoms with Crippen molar-refractivity contribution >= 4 is 35.8 Å². The molecule has 1 aliphatic rings. The largest absolute Gasteiger partial charge is 0.382 e. The molecule has 8 heteroatoms. The van der Waals surface area contributed by atoms with Crippen molar-refractivity contribution in [3.05, 3.63) is 0 Å². The Morgan fingerprint density at radius 1 is 1.33 bits per heavy atom. The van der Waals surface area contributed by atoms with Crippen molar-refractivity contribution in [2.24, 2.45) is 10.9 Å². The Labute approximate surface area is 182 Å². The minimum Gasteiger partial charge on any atom is -0.382 e. The van der Waals surface area contributed by atoms with E-state index >= 15 is 0 Å². The van der Waals surface area contributed by atoms with E-state index in [9.17, 15) is 4.79 Å². The molecule has 1 amide bonds. The van der Waals surface area contributed by atoms with Gasteiger partial charge in [-0.2, -0.15) is 0 Å². The molecule has 1 saturated heterocycles. The van der Waals surface area contributed by atoms with Crippen LogP contribution >= 0.6 is 24.0 Å². The lowest BCUT2D eigenvalue weighted by atomic mass is 10.1. The van der Waals surface area contributed by atoms with E-state index in [2.05, 4.69) is 34.4 Å². The number of rotatable bonds is 11. The molecule has 0 aromatic carbocycles. The Kier molecular flexibility index (Phi) is 15.0. The van der Waals surface area contributed by atoms with Crippen molar-refractivity contribution in [1.82, 2.24) is 20.4 Å². The second-order valence-electron chi connectivity index (χ2n) is 7.50. The number of amides is 1. The third-order valence-electron chi connectivity index (χ3n) is 4.44. The lowest BCUT2D eigenvalue weighted by Gasteiger charge is -2.27. The Morgan fingerprint density at radius 3 is 2.70 bits per heavy atom. The molecule has 7 nitrogen and oxygen atoms in total. The number of hydrogen-bond acceptors (Lipinski definition) is 4. The highest BCUT2D eigenvalue weighted by atomic mass is 127. The summed E-state index contributed by atoms with van der Waals surface area (Å²) in [5.74, 6) is 1.40. The second kappa shape index (κ2) is 15.3. The van der Waals surface area contributed by atoms with Crippen molar-refractivity contribution in [3.63, 3.8) is 0 Å². The standard InChI is InChI=1S/C19H39N5O2.HI/c1-6-26-12-8-10-20-19(22-14-18(25)23(4)5)21-13-17-9-7-11-24(17)15-16(2)3;/h16-17H,6-15H2,1-5H3,(H2,20,21,22);1H/t17-;/m1./s1. The number of ether oxygens (including phenoxy) is 1. The molecule has 1 heterocycles. The third kappa shape index (κ3) is 11.7. The molecule has 1 atom stereocenters. The monoisotopic (exact) mass is 497 g/mol. The fourth-order valence-corrected chi connectivity index (χ4v) is 3.04. The average Bonchev–Trinajstić information content (AvgIpc) is 3.02. The number of aliphatic imine (C=N–C) groups is 1. The van der Waals surface area contributed by atoms with Crippen LogP contribution in [0.25, 0.3) is 0 Å². The fourth-order valence-electron chi connectivity index (χ4n) is 3.04. The highest BCUT2D eigenvalue weighted by Crippen LogP contribution is 2.17. The number of carbonyl (C=O) groups excluding carboxylic acids is 1. The van der Waals surface area contributed by atoms with E-state index in [0.29, 0.717) is 17.9 Å². The zero-order valence-electron chi connectivity index (χ0n) is 17.8. The number of likely N-dealkylation sites (N-methyl/N-ethyl adjacent to an activating group) is 1. The maximum atomic E-state index is 11.8. The summed E-state index contributed by atoms with van der Waals surface area (Å²) >= 11 is 0. The summed E-state index contributed by atoms with van der Waals surface area (Å²) in [6.45, 7) is 12.1. The lowest BCUT2D eigenvalue weighted by Crippen LogP contribution is -2.46. The molecule has 1 rings (SSSR count). The van der Waals surface area contributed by atoms with Crippen molar-refractivity contribution < 1.29 is 9.53 Å². The van der Waals surface area contributed by atoms with E-state index in [4.69, 9.17) is 4.74 Å². The molecule has 0 bridgehead atoms. The number of halogens is 1.